The topological polar surface area (TPSA) is 273 Å². The van der Waals surface area contributed by atoms with Gasteiger partial charge in [0, 0.05) is 118 Å². The van der Waals surface area contributed by atoms with Crippen molar-refractivity contribution in [3.05, 3.63) is 0 Å². The Balaban J connectivity index is 0.000000282. The molecule has 24 heteroatoms. The van der Waals surface area contributed by atoms with Crippen LogP contribution in [0.1, 0.15) is 181 Å². The maximum Gasteiger partial charge on any atom is 0.160 e. The third kappa shape index (κ3) is 29.3. The molecule has 9 saturated heterocycles. The van der Waals surface area contributed by atoms with Gasteiger partial charge in [0.05, 0.1) is 85.5 Å². The number of halogens is 1. The van der Waals surface area contributed by atoms with E-state index in [1.165, 1.54) is 12.8 Å². The van der Waals surface area contributed by atoms with Gasteiger partial charge in [-0.05, 0) is 122 Å². The average Bonchev–Trinajstić information content (AvgIpc) is 2.57. The first-order valence-electron chi connectivity index (χ1n) is 33.9. The molecule has 0 spiro atoms. The van der Waals surface area contributed by atoms with Gasteiger partial charge in [-0.15, -0.1) is 0 Å². The lowest BCUT2D eigenvalue weighted by Gasteiger charge is -2.42. The molecule has 542 valence electrons. The third-order valence-electron chi connectivity index (χ3n) is 18.9. The minimum Gasteiger partial charge on any atom is -0.390 e. The Morgan fingerprint density at radius 3 is 0.967 bits per heavy atom. The van der Waals surface area contributed by atoms with Gasteiger partial charge in [-0.2, -0.15) is 0 Å². The fraction of sp³-hybridized carbons (Fsp3) is 1.00. The van der Waals surface area contributed by atoms with Crippen LogP contribution in [0.4, 0.5) is 0 Å². The van der Waals surface area contributed by atoms with Gasteiger partial charge in [-0.1, -0.05) is 71.1 Å². The zero-order chi connectivity index (χ0) is 68.4. The number of aliphatic hydroxyl groups is 4. The first-order valence-corrected chi connectivity index (χ1v) is 35.2. The van der Waals surface area contributed by atoms with E-state index in [-0.39, 0.29) is 148 Å². The Kier molecular flexibility index (Phi) is 41.2. The highest BCUT2D eigenvalue weighted by molar-refractivity contribution is 14.1. The van der Waals surface area contributed by atoms with Crippen molar-refractivity contribution in [2.75, 3.05) is 56.4 Å². The minimum absolute atomic E-state index is 0.0195. The Labute approximate surface area is 562 Å². The van der Waals surface area contributed by atoms with E-state index in [1.807, 2.05) is 55.4 Å². The molecule has 32 unspecified atom stereocenters. The zero-order valence-corrected chi connectivity index (χ0v) is 61.9. The Morgan fingerprint density at radius 1 is 0.330 bits per heavy atom. The molecule has 0 aromatic rings. The number of methoxy groups -OCH3 is 7. The van der Waals surface area contributed by atoms with Crippen molar-refractivity contribution < 1.29 is 106 Å². The zero-order valence-electron chi connectivity index (χ0n) is 59.8. The van der Waals surface area contributed by atoms with Crippen molar-refractivity contribution in [1.29, 1.82) is 0 Å². The fourth-order valence-corrected chi connectivity index (χ4v) is 13.4. The summed E-state index contributed by atoms with van der Waals surface area (Å²) >= 11 is 2.45. The molecule has 0 aliphatic carbocycles. The van der Waals surface area contributed by atoms with Gasteiger partial charge in [0.2, 0.25) is 0 Å². The monoisotopic (exact) mass is 1430 g/mol. The summed E-state index contributed by atoms with van der Waals surface area (Å²) in [4.78, 5) is 0. The molecule has 9 rings (SSSR count). The van der Waals surface area contributed by atoms with Crippen LogP contribution in [0, 0.1) is 41.4 Å². The summed E-state index contributed by atoms with van der Waals surface area (Å²) in [6.07, 6.45) is 8.50. The van der Waals surface area contributed by atoms with Crippen LogP contribution in [0.2, 0.25) is 0 Å². The average molecular weight is 1430 g/mol. The smallest absolute Gasteiger partial charge is 0.160 e. The molecule has 9 aliphatic rings. The normalized spacial score (nSPS) is 45.9. The number of alkyl halides is 1. The van der Waals surface area contributed by atoms with Gasteiger partial charge >= 0.3 is 0 Å². The number of rotatable bonds is 11. The summed E-state index contributed by atoms with van der Waals surface area (Å²) in [6.45, 7) is 31.3. The van der Waals surface area contributed by atoms with Crippen LogP contribution in [0.25, 0.3) is 0 Å². The summed E-state index contributed by atoms with van der Waals surface area (Å²) < 4.78 is 98.6. The molecule has 6 N–H and O–H groups in total. The van der Waals surface area contributed by atoms with Crippen LogP contribution in [-0.2, 0) is 85.3 Å². The van der Waals surface area contributed by atoms with E-state index in [4.69, 9.17) is 91.0 Å². The molecule has 0 radical (unpaired) electrons. The summed E-state index contributed by atoms with van der Waals surface area (Å²) in [5.41, 5.74) is 5.92. The number of ether oxygens (including phenoxy) is 18. The molecular weight excluding hydrogens is 1300 g/mol. The SMILES string of the molecule is COC1CC(C)C(I)C(C)O1.COC1CC(C)C(O)C(C)O1.COC1CC(C)C(O)C(C)O1.COC1CC(C)C(O)C(C)O1.COC1CC(C)C(OC2CC(N)C(O)C(C)O2)C(C)O1.COC1CC(C)C(OC2CCCCO2)C(C)O1.COC1CC(C)CC(C)O1. The predicted octanol–water partition coefficient (Wildman–Crippen LogP) is 9.22. The van der Waals surface area contributed by atoms with E-state index in [0.29, 0.717) is 40.3 Å². The van der Waals surface area contributed by atoms with E-state index in [9.17, 15) is 20.4 Å². The highest BCUT2D eigenvalue weighted by atomic mass is 127. The van der Waals surface area contributed by atoms with Crippen molar-refractivity contribution in [3.63, 3.8) is 0 Å². The molecule has 9 fully saturated rings. The van der Waals surface area contributed by atoms with E-state index in [1.54, 1.807) is 49.8 Å². The van der Waals surface area contributed by atoms with Gasteiger partial charge in [0.1, 0.15) is 0 Å². The number of hydrogen-bond acceptors (Lipinski definition) is 23. The Hall–Kier alpha value is -0.190. The molecule has 0 amide bonds. The molecule has 23 nitrogen and oxygen atoms in total. The van der Waals surface area contributed by atoms with E-state index >= 15 is 0 Å². The van der Waals surface area contributed by atoms with Crippen LogP contribution in [-0.4, -0.2) is 229 Å². The van der Waals surface area contributed by atoms with Gasteiger partial charge in [-0.3, -0.25) is 0 Å². The van der Waals surface area contributed by atoms with Gasteiger partial charge in [0.15, 0.2) is 56.6 Å². The first kappa shape index (κ1) is 85.0. The second-order valence-corrected chi connectivity index (χ2v) is 28.5. The van der Waals surface area contributed by atoms with Crippen molar-refractivity contribution >= 4 is 22.6 Å². The van der Waals surface area contributed by atoms with Crippen molar-refractivity contribution in [2.24, 2.45) is 47.2 Å². The maximum atomic E-state index is 9.79. The standard InChI is InChI=1S/C14H27NO5.C13H24O4.C8H15IO2.3C8H16O3.C8H16O2/c1-7-5-11(17-4)19-9(3)14(7)20-12-6-10(15)13(16)8(2)18-12;1-9-8-12(14-3)16-10(2)13(9)17-11-6-4-5-7-15-11;4*1-5-4-7(10-3)11-6(2)8(5)9;1-6-4-7(2)10-8(5-6)9-3/h7-14,16H,5-6,15H2,1-4H3;9-13H,4-8H2,1-3H3;5-8H,4H2,1-3H3;3*5-9H,4H2,1-3H3;6-8H,4-5H2,1-3H3. The Morgan fingerprint density at radius 2 is 0.648 bits per heavy atom. The van der Waals surface area contributed by atoms with Crippen LogP contribution in [0.5, 0.6) is 0 Å². The molecular formula is C67H130INO22. The predicted molar refractivity (Wildman–Crippen MR) is 353 cm³/mol. The summed E-state index contributed by atoms with van der Waals surface area (Å²) in [5.74, 6) is 2.99. The molecule has 0 aromatic carbocycles. The van der Waals surface area contributed by atoms with E-state index in [0.717, 1.165) is 70.3 Å². The largest absolute Gasteiger partial charge is 0.390 e. The van der Waals surface area contributed by atoms with E-state index < -0.39 is 6.10 Å². The molecule has 9 aliphatic heterocycles. The molecule has 91 heavy (non-hydrogen) atoms. The van der Waals surface area contributed by atoms with Crippen LogP contribution < -0.4 is 5.73 Å². The third-order valence-corrected chi connectivity index (χ3v) is 21.1. The highest BCUT2D eigenvalue weighted by Crippen LogP contribution is 2.35. The molecule has 9 heterocycles. The summed E-state index contributed by atoms with van der Waals surface area (Å²) in [6, 6.07) is -0.314. The maximum absolute atomic E-state index is 9.79. The lowest BCUT2D eigenvalue weighted by atomic mass is 9.93. The number of hydrogen-bond donors (Lipinski definition) is 5. The first-order chi connectivity index (χ1) is 42.9. The molecule has 0 saturated carbocycles. The van der Waals surface area contributed by atoms with Crippen LogP contribution in [0.3, 0.4) is 0 Å². The lowest BCUT2D eigenvalue weighted by molar-refractivity contribution is -0.291. The molecule has 0 bridgehead atoms. The molecule has 0 aromatic heterocycles. The van der Waals surface area contributed by atoms with Gasteiger partial charge in [-0.25, -0.2) is 0 Å². The van der Waals surface area contributed by atoms with E-state index in [2.05, 4.69) is 71.1 Å². The minimum atomic E-state index is -0.634. The number of aliphatic hydroxyl groups excluding tert-OH is 4. The van der Waals surface area contributed by atoms with Gasteiger partial charge < -0.3 is 111 Å². The van der Waals surface area contributed by atoms with Crippen molar-refractivity contribution in [1.82, 2.24) is 0 Å². The Bertz CT molecular complexity index is 1640. The fourth-order valence-electron chi connectivity index (χ4n) is 12.9. The van der Waals surface area contributed by atoms with Crippen LogP contribution >= 0.6 is 22.6 Å². The summed E-state index contributed by atoms with van der Waals surface area (Å²) in [5, 5.41) is 38.2. The number of nitrogens with two attached hydrogens (primary N) is 1. The van der Waals surface area contributed by atoms with Crippen molar-refractivity contribution in [2.45, 2.75) is 333 Å². The highest BCUT2D eigenvalue weighted by Gasteiger charge is 2.42. The second-order valence-electron chi connectivity index (χ2n) is 27.1. The van der Waals surface area contributed by atoms with Crippen LogP contribution in [0.15, 0.2) is 0 Å². The summed E-state index contributed by atoms with van der Waals surface area (Å²) in [7, 11) is 11.6. The molecule has 32 atom stereocenters. The lowest BCUT2D eigenvalue weighted by Crippen LogP contribution is -2.54. The van der Waals surface area contributed by atoms with Crippen molar-refractivity contribution in [3.8, 4) is 0 Å². The quantitative estimate of drug-likeness (QED) is 0.0952. The van der Waals surface area contributed by atoms with Gasteiger partial charge in [0.25, 0.3) is 0 Å². The second kappa shape index (κ2) is 44.0.